The fourth-order valence-corrected chi connectivity index (χ4v) is 4.97. The molecular weight excluding hydrogens is 348 g/mol. The summed E-state index contributed by atoms with van der Waals surface area (Å²) >= 11 is 6.13. The van der Waals surface area contributed by atoms with Gasteiger partial charge < -0.3 is 14.4 Å². The van der Waals surface area contributed by atoms with Gasteiger partial charge in [-0.05, 0) is 67.6 Å². The highest BCUT2D eigenvalue weighted by Crippen LogP contribution is 2.39. The first-order chi connectivity index (χ1) is 12.7. The average molecular weight is 377 g/mol. The summed E-state index contributed by atoms with van der Waals surface area (Å²) < 4.78 is 11.2. The van der Waals surface area contributed by atoms with Crippen molar-refractivity contribution in [2.24, 2.45) is 5.41 Å². The maximum atomic E-state index is 6.13. The largest absolute Gasteiger partial charge is 0.489 e. The van der Waals surface area contributed by atoms with E-state index in [2.05, 4.69) is 15.9 Å². The molecule has 0 saturated carbocycles. The van der Waals surface area contributed by atoms with Crippen LogP contribution in [-0.4, -0.2) is 69.4 Å². The number of fused-ring (bicyclic) bond motifs is 1. The third-order valence-corrected chi connectivity index (χ3v) is 6.28. The van der Waals surface area contributed by atoms with E-state index in [1.165, 1.54) is 51.0 Å². The zero-order chi connectivity index (χ0) is 18.0. The molecule has 3 heterocycles. The molecule has 3 aliphatic rings. The summed E-state index contributed by atoms with van der Waals surface area (Å²) in [4.78, 5) is 5.21. The lowest BCUT2D eigenvalue weighted by molar-refractivity contribution is 0.0683. The highest BCUT2D eigenvalue weighted by atomic mass is 35.5. The van der Waals surface area contributed by atoms with Gasteiger partial charge in [0.05, 0.1) is 6.61 Å². The van der Waals surface area contributed by atoms with Gasteiger partial charge in [0.25, 0.3) is 0 Å². The number of piperidine rings is 1. The summed E-state index contributed by atoms with van der Waals surface area (Å²) in [5.74, 6) is 0.942. The van der Waals surface area contributed by atoms with Crippen LogP contribution in [0.4, 0.5) is 0 Å². The topological polar surface area (TPSA) is 24.9 Å². The quantitative estimate of drug-likeness (QED) is 0.784. The maximum absolute atomic E-state index is 6.13. The van der Waals surface area contributed by atoms with Crippen LogP contribution >= 0.6 is 11.6 Å². The minimum absolute atomic E-state index is 0.475. The molecule has 26 heavy (non-hydrogen) atoms. The van der Waals surface area contributed by atoms with Crippen molar-refractivity contribution in [2.45, 2.75) is 19.3 Å². The molecule has 1 spiro atoms. The summed E-state index contributed by atoms with van der Waals surface area (Å²) in [5.41, 5.74) is 2.93. The number of rotatable bonds is 5. The number of benzene rings is 1. The lowest BCUT2D eigenvalue weighted by Gasteiger charge is -2.40. The van der Waals surface area contributed by atoms with E-state index in [0.29, 0.717) is 12.0 Å². The zero-order valence-electron chi connectivity index (χ0n) is 15.7. The van der Waals surface area contributed by atoms with Gasteiger partial charge in [-0.1, -0.05) is 11.6 Å². The SMILES string of the molecule is COCCN1CCCC2(CCN(CC3=Cc4cc(Cl)ccc4OC3)C2)C1. The number of hydrogen-bond acceptors (Lipinski definition) is 4. The Bertz CT molecular complexity index is 678. The second-order valence-electron chi connectivity index (χ2n) is 8.11. The van der Waals surface area contributed by atoms with Crippen LogP contribution < -0.4 is 4.74 Å². The van der Waals surface area contributed by atoms with Crippen molar-refractivity contribution in [3.63, 3.8) is 0 Å². The second kappa shape index (κ2) is 7.89. The van der Waals surface area contributed by atoms with Crippen LogP contribution in [0.5, 0.6) is 5.75 Å². The zero-order valence-corrected chi connectivity index (χ0v) is 16.4. The molecule has 3 aliphatic heterocycles. The number of methoxy groups -OCH3 is 1. The molecule has 1 aromatic rings. The molecule has 5 heteroatoms. The number of nitrogens with zero attached hydrogens (tertiary/aromatic N) is 2. The fourth-order valence-electron chi connectivity index (χ4n) is 4.79. The van der Waals surface area contributed by atoms with E-state index >= 15 is 0 Å². The predicted octanol–water partition coefficient (Wildman–Crippen LogP) is 3.55. The minimum Gasteiger partial charge on any atom is -0.489 e. The van der Waals surface area contributed by atoms with Gasteiger partial charge in [-0.3, -0.25) is 4.90 Å². The Morgan fingerprint density at radius 2 is 2.08 bits per heavy atom. The van der Waals surface area contributed by atoms with E-state index in [0.717, 1.165) is 36.0 Å². The molecule has 142 valence electrons. The van der Waals surface area contributed by atoms with Gasteiger partial charge in [0, 0.05) is 43.9 Å². The van der Waals surface area contributed by atoms with Crippen molar-refractivity contribution >= 4 is 17.7 Å². The van der Waals surface area contributed by atoms with E-state index in [1.807, 2.05) is 18.2 Å². The highest BCUT2D eigenvalue weighted by molar-refractivity contribution is 6.30. The number of hydrogen-bond donors (Lipinski definition) is 0. The van der Waals surface area contributed by atoms with Crippen molar-refractivity contribution in [3.05, 3.63) is 34.4 Å². The molecule has 0 aromatic heterocycles. The van der Waals surface area contributed by atoms with Crippen LogP contribution in [0.3, 0.4) is 0 Å². The third-order valence-electron chi connectivity index (χ3n) is 6.04. The fraction of sp³-hybridized carbons (Fsp3) is 0.619. The molecule has 0 aliphatic carbocycles. The molecule has 2 fully saturated rings. The molecule has 4 nitrogen and oxygen atoms in total. The Kier molecular flexibility index (Phi) is 5.55. The second-order valence-corrected chi connectivity index (χ2v) is 8.54. The van der Waals surface area contributed by atoms with E-state index in [-0.39, 0.29) is 0 Å². The van der Waals surface area contributed by atoms with Crippen LogP contribution in [0.25, 0.3) is 6.08 Å². The number of ether oxygens (including phenoxy) is 2. The molecule has 0 bridgehead atoms. The average Bonchev–Trinajstić information content (AvgIpc) is 3.01. The van der Waals surface area contributed by atoms with Crippen LogP contribution in [-0.2, 0) is 4.74 Å². The first-order valence-electron chi connectivity index (χ1n) is 9.71. The van der Waals surface area contributed by atoms with Crippen molar-refractivity contribution in [1.29, 1.82) is 0 Å². The summed E-state index contributed by atoms with van der Waals surface area (Å²) in [7, 11) is 1.79. The van der Waals surface area contributed by atoms with Gasteiger partial charge >= 0.3 is 0 Å². The summed E-state index contributed by atoms with van der Waals surface area (Å²) in [6.07, 6.45) is 6.25. The van der Waals surface area contributed by atoms with E-state index in [1.54, 1.807) is 7.11 Å². The van der Waals surface area contributed by atoms with Gasteiger partial charge in [0.15, 0.2) is 0 Å². The third kappa shape index (κ3) is 4.09. The monoisotopic (exact) mass is 376 g/mol. The first kappa shape index (κ1) is 18.3. The maximum Gasteiger partial charge on any atom is 0.127 e. The standard InChI is InChI=1S/C21H29ClN2O2/c1-25-10-9-23-7-2-5-21(15-23)6-8-24(16-21)13-17-11-18-12-19(22)3-4-20(18)26-14-17/h3-4,11-12H,2,5-10,13-16H2,1H3. The molecule has 0 amide bonds. The Morgan fingerprint density at radius 3 is 2.96 bits per heavy atom. The molecule has 4 rings (SSSR count). The van der Waals surface area contributed by atoms with Crippen molar-refractivity contribution in [2.75, 3.05) is 59.6 Å². The number of likely N-dealkylation sites (tertiary alicyclic amines) is 2. The van der Waals surface area contributed by atoms with Gasteiger partial charge in [-0.25, -0.2) is 0 Å². The molecule has 1 atom stereocenters. The van der Waals surface area contributed by atoms with Crippen molar-refractivity contribution < 1.29 is 9.47 Å². The van der Waals surface area contributed by atoms with Gasteiger partial charge in [0.1, 0.15) is 12.4 Å². The molecule has 1 unspecified atom stereocenters. The molecule has 0 N–H and O–H groups in total. The highest BCUT2D eigenvalue weighted by Gasteiger charge is 2.41. The van der Waals surface area contributed by atoms with Crippen molar-refractivity contribution in [3.8, 4) is 5.75 Å². The molecule has 1 aromatic carbocycles. The Morgan fingerprint density at radius 1 is 1.19 bits per heavy atom. The molecule has 0 radical (unpaired) electrons. The van der Waals surface area contributed by atoms with E-state index < -0.39 is 0 Å². The Labute approximate surface area is 161 Å². The van der Waals surface area contributed by atoms with Crippen LogP contribution in [0.1, 0.15) is 24.8 Å². The smallest absolute Gasteiger partial charge is 0.127 e. The Balaban J connectivity index is 1.37. The van der Waals surface area contributed by atoms with Gasteiger partial charge in [-0.15, -0.1) is 0 Å². The van der Waals surface area contributed by atoms with Gasteiger partial charge in [0.2, 0.25) is 0 Å². The van der Waals surface area contributed by atoms with Gasteiger partial charge in [-0.2, -0.15) is 0 Å². The molecule has 2 saturated heterocycles. The van der Waals surface area contributed by atoms with Crippen LogP contribution in [0, 0.1) is 5.41 Å². The summed E-state index contributed by atoms with van der Waals surface area (Å²) in [5, 5.41) is 0.767. The van der Waals surface area contributed by atoms with E-state index in [9.17, 15) is 0 Å². The van der Waals surface area contributed by atoms with Crippen LogP contribution in [0.2, 0.25) is 5.02 Å². The van der Waals surface area contributed by atoms with E-state index in [4.69, 9.17) is 21.1 Å². The normalized spacial score (nSPS) is 26.6. The summed E-state index contributed by atoms with van der Waals surface area (Å²) in [6, 6.07) is 5.85. The lowest BCUT2D eigenvalue weighted by atomic mass is 9.79. The summed E-state index contributed by atoms with van der Waals surface area (Å²) in [6.45, 7) is 8.45. The minimum atomic E-state index is 0.475. The Hall–Kier alpha value is -1.07. The first-order valence-corrected chi connectivity index (χ1v) is 10.1. The van der Waals surface area contributed by atoms with Crippen LogP contribution in [0.15, 0.2) is 23.8 Å². The lowest BCUT2D eigenvalue weighted by Crippen LogP contribution is -2.46. The number of halogens is 1. The predicted molar refractivity (Wildman–Crippen MR) is 106 cm³/mol. The van der Waals surface area contributed by atoms with Crippen molar-refractivity contribution in [1.82, 2.24) is 9.80 Å². The molecular formula is C21H29ClN2O2.